The van der Waals surface area contributed by atoms with Crippen LogP contribution in [0.1, 0.15) is 18.1 Å². The molecule has 0 aliphatic rings. The zero-order chi connectivity index (χ0) is 17.7. The number of nitrogens with zero attached hydrogens (tertiary/aromatic N) is 2. The molecule has 0 spiro atoms. The molecule has 2 rings (SSSR count). The van der Waals surface area contributed by atoms with Crippen LogP contribution < -0.4 is 8.92 Å². The predicted octanol–water partition coefficient (Wildman–Crippen LogP) is 3.36. The van der Waals surface area contributed by atoms with Gasteiger partial charge in [-0.05, 0) is 53.2 Å². The second kappa shape index (κ2) is 7.35. The minimum Gasteiger partial charge on any atom is -0.490 e. The van der Waals surface area contributed by atoms with Gasteiger partial charge >= 0.3 is 10.1 Å². The van der Waals surface area contributed by atoms with Crippen molar-refractivity contribution in [3.8, 4) is 23.6 Å². The summed E-state index contributed by atoms with van der Waals surface area (Å²) in [6, 6.07) is 12.0. The van der Waals surface area contributed by atoms with Gasteiger partial charge in [-0.25, -0.2) is 0 Å². The lowest BCUT2D eigenvalue weighted by molar-refractivity contribution is 0.327. The zero-order valence-corrected chi connectivity index (χ0v) is 14.9. The van der Waals surface area contributed by atoms with Gasteiger partial charge in [0, 0.05) is 6.07 Å². The fourth-order valence-electron chi connectivity index (χ4n) is 1.83. The number of hydrogen-bond donors (Lipinski definition) is 0. The summed E-state index contributed by atoms with van der Waals surface area (Å²) in [5.41, 5.74) is 0.636. The molecule has 2 aromatic carbocycles. The maximum absolute atomic E-state index is 12.4. The van der Waals surface area contributed by atoms with E-state index in [1.54, 1.807) is 6.92 Å². The maximum Gasteiger partial charge on any atom is 0.339 e. The van der Waals surface area contributed by atoms with Crippen molar-refractivity contribution in [1.29, 1.82) is 10.5 Å². The number of hydrogen-bond acceptors (Lipinski definition) is 6. The van der Waals surface area contributed by atoms with Gasteiger partial charge in [0.25, 0.3) is 0 Å². The molecule has 0 saturated heterocycles. The Labute approximate surface area is 148 Å². The van der Waals surface area contributed by atoms with E-state index in [-0.39, 0.29) is 27.5 Å². The average Bonchev–Trinajstić information content (AvgIpc) is 2.58. The first kappa shape index (κ1) is 17.8. The molecule has 2 aromatic rings. The van der Waals surface area contributed by atoms with E-state index in [1.807, 2.05) is 12.1 Å². The van der Waals surface area contributed by atoms with Gasteiger partial charge in [-0.2, -0.15) is 18.9 Å². The Kier molecular flexibility index (Phi) is 5.45. The van der Waals surface area contributed by atoms with Gasteiger partial charge in [0.15, 0.2) is 11.5 Å². The Hall–Kier alpha value is -2.55. The zero-order valence-electron chi connectivity index (χ0n) is 12.5. The predicted molar refractivity (Wildman–Crippen MR) is 89.0 cm³/mol. The van der Waals surface area contributed by atoms with Gasteiger partial charge in [0.2, 0.25) is 0 Å². The SMILES string of the molecule is CCOc1cc(C#N)cc(Br)c1OS(=O)(=O)c1ccc(C#N)cc1. The summed E-state index contributed by atoms with van der Waals surface area (Å²) in [5, 5.41) is 17.8. The van der Waals surface area contributed by atoms with Crippen molar-refractivity contribution in [1.82, 2.24) is 0 Å². The fourth-order valence-corrected chi connectivity index (χ4v) is 3.42. The van der Waals surface area contributed by atoms with Crippen LogP contribution in [0.15, 0.2) is 45.8 Å². The molecule has 24 heavy (non-hydrogen) atoms. The molecule has 0 aromatic heterocycles. The molecule has 122 valence electrons. The molecule has 8 heteroatoms. The van der Waals surface area contributed by atoms with E-state index in [9.17, 15) is 8.42 Å². The fraction of sp³-hybridized carbons (Fsp3) is 0.125. The highest BCUT2D eigenvalue weighted by Crippen LogP contribution is 2.38. The first-order valence-corrected chi connectivity index (χ1v) is 8.92. The molecule has 0 aliphatic carbocycles. The van der Waals surface area contributed by atoms with Crippen LogP contribution in [0.4, 0.5) is 0 Å². The molecule has 0 saturated carbocycles. The van der Waals surface area contributed by atoms with Crippen molar-refractivity contribution in [3.05, 3.63) is 52.0 Å². The topological polar surface area (TPSA) is 100 Å². The largest absolute Gasteiger partial charge is 0.490 e. The third-order valence-electron chi connectivity index (χ3n) is 2.90. The number of rotatable bonds is 5. The van der Waals surface area contributed by atoms with Crippen LogP contribution in [0.25, 0.3) is 0 Å². The normalized spacial score (nSPS) is 10.5. The van der Waals surface area contributed by atoms with Gasteiger partial charge < -0.3 is 8.92 Å². The summed E-state index contributed by atoms with van der Waals surface area (Å²) in [4.78, 5) is -0.0970. The lowest BCUT2D eigenvalue weighted by Gasteiger charge is -2.14. The summed E-state index contributed by atoms with van der Waals surface area (Å²) in [6.45, 7) is 2.00. The molecule has 0 unspecified atom stereocenters. The third kappa shape index (κ3) is 3.85. The number of nitriles is 2. The van der Waals surface area contributed by atoms with Crippen LogP contribution in [-0.4, -0.2) is 15.0 Å². The Balaban J connectivity index is 2.45. The highest BCUT2D eigenvalue weighted by atomic mass is 79.9. The second-order valence-electron chi connectivity index (χ2n) is 4.50. The highest BCUT2D eigenvalue weighted by Gasteiger charge is 2.22. The summed E-state index contributed by atoms with van der Waals surface area (Å²) in [5.74, 6) is 0.0980. The van der Waals surface area contributed by atoms with Crippen molar-refractivity contribution in [2.24, 2.45) is 0 Å². The Morgan fingerprint density at radius 3 is 2.25 bits per heavy atom. The summed E-state index contributed by atoms with van der Waals surface area (Å²) in [7, 11) is -4.12. The van der Waals surface area contributed by atoms with Crippen LogP contribution in [0.3, 0.4) is 0 Å². The van der Waals surface area contributed by atoms with Gasteiger partial charge in [0.05, 0.1) is 34.3 Å². The molecular formula is C16H11BrN2O4S. The van der Waals surface area contributed by atoms with Crippen molar-refractivity contribution >= 4 is 26.0 Å². The van der Waals surface area contributed by atoms with E-state index in [0.29, 0.717) is 11.1 Å². The second-order valence-corrected chi connectivity index (χ2v) is 6.90. The van der Waals surface area contributed by atoms with Crippen LogP contribution in [0, 0.1) is 22.7 Å². The smallest absolute Gasteiger partial charge is 0.339 e. The summed E-state index contributed by atoms with van der Waals surface area (Å²) >= 11 is 3.19. The van der Waals surface area contributed by atoms with Gasteiger partial charge in [-0.15, -0.1) is 0 Å². The van der Waals surface area contributed by atoms with E-state index in [0.717, 1.165) is 0 Å². The maximum atomic E-state index is 12.4. The van der Waals surface area contributed by atoms with Crippen molar-refractivity contribution in [3.63, 3.8) is 0 Å². The van der Waals surface area contributed by atoms with Crippen LogP contribution in [0.2, 0.25) is 0 Å². The van der Waals surface area contributed by atoms with Crippen LogP contribution in [-0.2, 0) is 10.1 Å². The summed E-state index contributed by atoms with van der Waals surface area (Å²) in [6.07, 6.45) is 0. The van der Waals surface area contributed by atoms with E-state index in [4.69, 9.17) is 19.4 Å². The quantitative estimate of drug-likeness (QED) is 0.705. The van der Waals surface area contributed by atoms with Crippen LogP contribution >= 0.6 is 15.9 Å². The monoisotopic (exact) mass is 406 g/mol. The Morgan fingerprint density at radius 1 is 1.08 bits per heavy atom. The van der Waals surface area contributed by atoms with E-state index < -0.39 is 10.1 Å². The summed E-state index contributed by atoms with van der Waals surface area (Å²) < 4.78 is 35.7. The van der Waals surface area contributed by atoms with Gasteiger partial charge in [0.1, 0.15) is 4.90 Å². The number of benzene rings is 2. The number of ether oxygens (including phenoxy) is 1. The third-order valence-corrected chi connectivity index (χ3v) is 4.73. The molecule has 6 nitrogen and oxygen atoms in total. The molecule has 0 bridgehead atoms. The number of halogens is 1. The molecular weight excluding hydrogens is 396 g/mol. The lowest BCUT2D eigenvalue weighted by Crippen LogP contribution is -2.11. The molecule has 0 atom stereocenters. The average molecular weight is 407 g/mol. The molecule has 0 N–H and O–H groups in total. The van der Waals surface area contributed by atoms with Gasteiger partial charge in [-0.1, -0.05) is 0 Å². The van der Waals surface area contributed by atoms with E-state index in [2.05, 4.69) is 15.9 Å². The van der Waals surface area contributed by atoms with Crippen molar-refractivity contribution < 1.29 is 17.3 Å². The molecule has 0 fully saturated rings. The standard InChI is InChI=1S/C16H11BrN2O4S/c1-2-22-15-8-12(10-19)7-14(17)16(15)23-24(20,21)13-5-3-11(9-18)4-6-13/h3-8H,2H2,1H3. The van der Waals surface area contributed by atoms with Crippen LogP contribution in [0.5, 0.6) is 11.5 Å². The van der Waals surface area contributed by atoms with Crippen molar-refractivity contribution in [2.75, 3.05) is 6.61 Å². The first-order chi connectivity index (χ1) is 11.4. The molecule has 0 amide bonds. The lowest BCUT2D eigenvalue weighted by atomic mass is 10.2. The Bertz CT molecular complexity index is 942. The molecule has 0 aliphatic heterocycles. The Morgan fingerprint density at radius 2 is 1.71 bits per heavy atom. The highest BCUT2D eigenvalue weighted by molar-refractivity contribution is 9.10. The molecule has 0 radical (unpaired) electrons. The molecule has 0 heterocycles. The van der Waals surface area contributed by atoms with Crippen molar-refractivity contribution in [2.45, 2.75) is 11.8 Å². The van der Waals surface area contributed by atoms with Gasteiger partial charge in [-0.3, -0.25) is 0 Å². The van der Waals surface area contributed by atoms with E-state index >= 15 is 0 Å². The minimum absolute atomic E-state index is 0.0415. The van der Waals surface area contributed by atoms with E-state index in [1.165, 1.54) is 36.4 Å². The minimum atomic E-state index is -4.12. The first-order valence-electron chi connectivity index (χ1n) is 6.72.